The van der Waals surface area contributed by atoms with Crippen LogP contribution in [-0.2, 0) is 14.3 Å². The van der Waals surface area contributed by atoms with Gasteiger partial charge >= 0.3 is 11.9 Å². The van der Waals surface area contributed by atoms with E-state index in [1.165, 1.54) is 116 Å². The summed E-state index contributed by atoms with van der Waals surface area (Å²) in [6.45, 7) is 9.10. The normalized spacial score (nSPS) is 13.0. The van der Waals surface area contributed by atoms with Crippen LogP contribution in [0.4, 0.5) is 0 Å². The van der Waals surface area contributed by atoms with Gasteiger partial charge in [-0.1, -0.05) is 156 Å². The lowest BCUT2D eigenvalue weighted by Gasteiger charge is -2.11. The largest absolute Gasteiger partial charge is 0.393 e. The van der Waals surface area contributed by atoms with E-state index in [0.717, 1.165) is 25.7 Å². The molecule has 2 unspecified atom stereocenters. The summed E-state index contributed by atoms with van der Waals surface area (Å²) in [7, 11) is 0. The topological polar surface area (TPSA) is 43.4 Å². The van der Waals surface area contributed by atoms with E-state index in [1.54, 1.807) is 0 Å². The minimum Gasteiger partial charge on any atom is -0.393 e. The lowest BCUT2D eigenvalue weighted by Crippen LogP contribution is -2.12. The Balaban J connectivity index is 3.55. The number of ether oxygens (including phenoxy) is 1. The predicted molar refractivity (Wildman–Crippen MR) is 152 cm³/mol. The van der Waals surface area contributed by atoms with E-state index < -0.39 is 0 Å². The maximum atomic E-state index is 12.0. The van der Waals surface area contributed by atoms with Crippen LogP contribution < -0.4 is 0 Å². The molecule has 35 heavy (non-hydrogen) atoms. The SMILES string of the molecule is CCCCCCCCCCC(C)CCCC(=O)OC(=O)CCCC(C)CCCCCCCCCC. The van der Waals surface area contributed by atoms with E-state index in [9.17, 15) is 9.59 Å². The molecule has 0 rings (SSSR count). The Hall–Kier alpha value is -0.860. The zero-order chi connectivity index (χ0) is 26.0. The summed E-state index contributed by atoms with van der Waals surface area (Å²) in [6.07, 6.45) is 28.8. The van der Waals surface area contributed by atoms with Crippen LogP contribution in [0, 0.1) is 11.8 Å². The second-order valence-corrected chi connectivity index (χ2v) is 11.4. The maximum Gasteiger partial charge on any atom is 0.313 e. The van der Waals surface area contributed by atoms with Crippen LogP contribution in [0.2, 0.25) is 0 Å². The Bertz CT molecular complexity index is 431. The highest BCUT2D eigenvalue weighted by molar-refractivity contribution is 5.85. The molecule has 0 bridgehead atoms. The van der Waals surface area contributed by atoms with E-state index in [4.69, 9.17) is 4.74 Å². The second-order valence-electron chi connectivity index (χ2n) is 11.4. The second kappa shape index (κ2) is 26.2. The molecule has 3 nitrogen and oxygen atoms in total. The van der Waals surface area contributed by atoms with Gasteiger partial charge in [0.05, 0.1) is 0 Å². The van der Waals surface area contributed by atoms with E-state index >= 15 is 0 Å². The van der Waals surface area contributed by atoms with Crippen molar-refractivity contribution in [2.45, 2.75) is 182 Å². The Morgan fingerprint density at radius 1 is 0.457 bits per heavy atom. The van der Waals surface area contributed by atoms with E-state index in [0.29, 0.717) is 24.7 Å². The zero-order valence-corrected chi connectivity index (χ0v) is 24.4. The van der Waals surface area contributed by atoms with Crippen LogP contribution in [0.3, 0.4) is 0 Å². The third kappa shape index (κ3) is 26.0. The van der Waals surface area contributed by atoms with Crippen molar-refractivity contribution in [1.29, 1.82) is 0 Å². The molecule has 0 aliphatic heterocycles. The van der Waals surface area contributed by atoms with Gasteiger partial charge in [0.1, 0.15) is 0 Å². The first-order chi connectivity index (χ1) is 17.0. The molecular formula is C32H62O3. The molecule has 0 aromatic heterocycles. The van der Waals surface area contributed by atoms with Gasteiger partial charge in [-0.15, -0.1) is 0 Å². The average Bonchev–Trinajstić information content (AvgIpc) is 2.82. The number of hydrogen-bond donors (Lipinski definition) is 0. The minimum atomic E-state index is -0.332. The number of esters is 2. The van der Waals surface area contributed by atoms with Crippen molar-refractivity contribution in [1.82, 2.24) is 0 Å². The predicted octanol–water partition coefficient (Wildman–Crippen LogP) is 10.7. The fourth-order valence-corrected chi connectivity index (χ4v) is 4.96. The van der Waals surface area contributed by atoms with Gasteiger partial charge in [0, 0.05) is 12.8 Å². The third-order valence-electron chi connectivity index (χ3n) is 7.48. The lowest BCUT2D eigenvalue weighted by atomic mass is 9.96. The molecule has 0 aromatic carbocycles. The molecular weight excluding hydrogens is 432 g/mol. The number of hydrogen-bond acceptors (Lipinski definition) is 3. The highest BCUT2D eigenvalue weighted by atomic mass is 16.6. The third-order valence-corrected chi connectivity index (χ3v) is 7.48. The molecule has 0 saturated heterocycles. The molecule has 0 saturated carbocycles. The van der Waals surface area contributed by atoms with Crippen LogP contribution in [0.5, 0.6) is 0 Å². The fraction of sp³-hybridized carbons (Fsp3) is 0.938. The van der Waals surface area contributed by atoms with Crippen LogP contribution in [0.15, 0.2) is 0 Å². The van der Waals surface area contributed by atoms with E-state index in [2.05, 4.69) is 27.7 Å². The molecule has 0 spiro atoms. The van der Waals surface area contributed by atoms with Crippen molar-refractivity contribution in [2.75, 3.05) is 0 Å². The summed E-state index contributed by atoms with van der Waals surface area (Å²) in [4.78, 5) is 24.0. The number of unbranched alkanes of at least 4 members (excludes halogenated alkanes) is 14. The highest BCUT2D eigenvalue weighted by Gasteiger charge is 2.12. The molecule has 0 fully saturated rings. The number of rotatable bonds is 26. The molecule has 0 amide bonds. The molecule has 0 aliphatic carbocycles. The molecule has 0 radical (unpaired) electrons. The van der Waals surface area contributed by atoms with Gasteiger partial charge in [0.25, 0.3) is 0 Å². The summed E-state index contributed by atoms with van der Waals surface area (Å²) < 4.78 is 5.04. The van der Waals surface area contributed by atoms with E-state index in [-0.39, 0.29) is 11.9 Å². The van der Waals surface area contributed by atoms with Gasteiger partial charge in [0.15, 0.2) is 0 Å². The molecule has 3 heteroatoms. The van der Waals surface area contributed by atoms with Crippen LogP contribution in [0.25, 0.3) is 0 Å². The molecule has 2 atom stereocenters. The van der Waals surface area contributed by atoms with Crippen molar-refractivity contribution < 1.29 is 14.3 Å². The van der Waals surface area contributed by atoms with Gasteiger partial charge in [-0.2, -0.15) is 0 Å². The smallest absolute Gasteiger partial charge is 0.313 e. The Morgan fingerprint density at radius 3 is 1.09 bits per heavy atom. The van der Waals surface area contributed by atoms with E-state index in [1.807, 2.05) is 0 Å². The first-order valence-electron chi connectivity index (χ1n) is 15.7. The quantitative estimate of drug-likeness (QED) is 0.0682. The summed E-state index contributed by atoms with van der Waals surface area (Å²) in [5.41, 5.74) is 0. The Morgan fingerprint density at radius 2 is 0.743 bits per heavy atom. The number of carbonyl (C=O) groups is 2. The van der Waals surface area contributed by atoms with Gasteiger partial charge in [0.2, 0.25) is 0 Å². The Kier molecular flexibility index (Phi) is 25.6. The summed E-state index contributed by atoms with van der Waals surface area (Å²) in [5, 5.41) is 0. The van der Waals surface area contributed by atoms with Gasteiger partial charge in [-0.25, -0.2) is 0 Å². The van der Waals surface area contributed by atoms with Crippen molar-refractivity contribution in [3.63, 3.8) is 0 Å². The zero-order valence-electron chi connectivity index (χ0n) is 24.4. The standard InChI is InChI=1S/C32H62O3/c1-5-7-9-11-13-15-17-19-23-29(3)25-21-27-31(33)35-32(34)28-22-26-30(4)24-20-18-16-14-12-10-8-6-2/h29-30H,5-28H2,1-4H3. The molecule has 0 heterocycles. The molecule has 0 aliphatic rings. The monoisotopic (exact) mass is 494 g/mol. The van der Waals surface area contributed by atoms with Crippen LogP contribution in [0.1, 0.15) is 182 Å². The minimum absolute atomic E-state index is 0.332. The van der Waals surface area contributed by atoms with Crippen molar-refractivity contribution in [2.24, 2.45) is 11.8 Å². The van der Waals surface area contributed by atoms with Crippen molar-refractivity contribution in [3.05, 3.63) is 0 Å². The average molecular weight is 495 g/mol. The van der Waals surface area contributed by atoms with Crippen molar-refractivity contribution in [3.8, 4) is 0 Å². The number of carbonyl (C=O) groups excluding carboxylic acids is 2. The Labute approximate surface area is 219 Å². The molecule has 0 aromatic rings. The first-order valence-corrected chi connectivity index (χ1v) is 15.7. The van der Waals surface area contributed by atoms with Gasteiger partial charge < -0.3 is 4.74 Å². The molecule has 0 N–H and O–H groups in total. The van der Waals surface area contributed by atoms with Crippen LogP contribution >= 0.6 is 0 Å². The maximum absolute atomic E-state index is 12.0. The highest BCUT2D eigenvalue weighted by Crippen LogP contribution is 2.19. The molecule has 208 valence electrons. The summed E-state index contributed by atoms with van der Waals surface area (Å²) in [5.74, 6) is 0.643. The lowest BCUT2D eigenvalue weighted by molar-refractivity contribution is -0.159. The van der Waals surface area contributed by atoms with Crippen LogP contribution in [-0.4, -0.2) is 11.9 Å². The summed E-state index contributed by atoms with van der Waals surface area (Å²) >= 11 is 0. The summed E-state index contributed by atoms with van der Waals surface area (Å²) in [6, 6.07) is 0. The van der Waals surface area contributed by atoms with Gasteiger partial charge in [-0.3, -0.25) is 9.59 Å². The van der Waals surface area contributed by atoms with Crippen molar-refractivity contribution >= 4 is 11.9 Å². The van der Waals surface area contributed by atoms with Gasteiger partial charge in [-0.05, 0) is 24.7 Å². The first kappa shape index (κ1) is 34.1. The fourth-order valence-electron chi connectivity index (χ4n) is 4.96.